The van der Waals surface area contributed by atoms with E-state index in [1.165, 1.54) is 0 Å². The maximum absolute atomic E-state index is 11.8. The molecule has 0 aromatic rings. The normalized spacial score (nSPS) is 28.8. The zero-order valence-electron chi connectivity index (χ0n) is 20.8. The van der Waals surface area contributed by atoms with Crippen LogP contribution < -0.4 is 11.5 Å². The van der Waals surface area contributed by atoms with Gasteiger partial charge in [-0.25, -0.2) is 0 Å². The van der Waals surface area contributed by atoms with Gasteiger partial charge in [-0.3, -0.25) is 19.2 Å². The first kappa shape index (κ1) is 29.3. The fourth-order valence-corrected chi connectivity index (χ4v) is 3.40. The lowest BCUT2D eigenvalue weighted by Gasteiger charge is -2.31. The highest BCUT2D eigenvalue weighted by molar-refractivity contribution is 5.83. The van der Waals surface area contributed by atoms with E-state index < -0.39 is 58.0 Å². The van der Waals surface area contributed by atoms with Crippen molar-refractivity contribution in [3.8, 4) is 0 Å². The summed E-state index contributed by atoms with van der Waals surface area (Å²) in [6, 6.07) is 0. The van der Waals surface area contributed by atoms with Crippen LogP contribution in [0.25, 0.3) is 0 Å². The minimum atomic E-state index is -1.36. The standard InChI is InChI=1S/2C12H19NO4/c2*1-11(2,3)17-9(14)8-5-4-6-12(13,7-8)10(15)16/h2*4-5,8H,6-7,13H2,1-3H3,(H,15,16)/t2*8-,12+/m10/s1. The summed E-state index contributed by atoms with van der Waals surface area (Å²) >= 11 is 0. The second kappa shape index (κ2) is 10.7. The van der Waals surface area contributed by atoms with Gasteiger partial charge in [-0.15, -0.1) is 0 Å². The second-order valence-electron chi connectivity index (χ2n) is 10.9. The van der Waals surface area contributed by atoms with Crippen LogP contribution in [0.5, 0.6) is 0 Å². The summed E-state index contributed by atoms with van der Waals surface area (Å²) in [5, 5.41) is 18.0. The van der Waals surface area contributed by atoms with E-state index in [1.807, 2.05) is 0 Å². The molecule has 0 unspecified atom stereocenters. The van der Waals surface area contributed by atoms with Gasteiger partial charge in [-0.05, 0) is 67.2 Å². The minimum Gasteiger partial charge on any atom is -0.480 e. The SMILES string of the molecule is CC(C)(C)OC(=O)[C@@H]1C=CC[C@@](N)(C(=O)O)C1.CC(C)(C)OC(=O)[C@H]1C=CC[C@](N)(C(=O)O)C1. The number of nitrogens with two attached hydrogens (primary N) is 2. The molecule has 0 aliphatic heterocycles. The average Bonchev–Trinajstić information content (AvgIpc) is 2.66. The summed E-state index contributed by atoms with van der Waals surface area (Å²) in [7, 11) is 0. The fraction of sp³-hybridized carbons (Fsp3) is 0.667. The highest BCUT2D eigenvalue weighted by Gasteiger charge is 2.41. The molecular formula is C24H38N2O8. The van der Waals surface area contributed by atoms with Crippen molar-refractivity contribution in [2.24, 2.45) is 23.3 Å². The van der Waals surface area contributed by atoms with E-state index in [4.69, 9.17) is 31.2 Å². The molecule has 0 saturated carbocycles. The quantitative estimate of drug-likeness (QED) is 0.342. The summed E-state index contributed by atoms with van der Waals surface area (Å²) in [4.78, 5) is 45.6. The predicted molar refractivity (Wildman–Crippen MR) is 125 cm³/mol. The summed E-state index contributed by atoms with van der Waals surface area (Å²) in [6.07, 6.45) is 7.23. The minimum absolute atomic E-state index is 0.0771. The Morgan fingerprint density at radius 3 is 1.26 bits per heavy atom. The van der Waals surface area contributed by atoms with Crippen LogP contribution in [0.3, 0.4) is 0 Å². The highest BCUT2D eigenvalue weighted by Crippen LogP contribution is 2.29. The Labute approximate surface area is 200 Å². The molecule has 0 fully saturated rings. The molecule has 0 bridgehead atoms. The Kier molecular flexibility index (Phi) is 9.22. The Hall–Kier alpha value is -2.72. The molecule has 10 heteroatoms. The smallest absolute Gasteiger partial charge is 0.324 e. The first-order chi connectivity index (χ1) is 15.3. The van der Waals surface area contributed by atoms with Crippen LogP contribution in [0.2, 0.25) is 0 Å². The van der Waals surface area contributed by atoms with E-state index in [1.54, 1.807) is 65.8 Å². The van der Waals surface area contributed by atoms with Crippen LogP contribution in [0.1, 0.15) is 67.2 Å². The number of aliphatic carboxylic acids is 2. The van der Waals surface area contributed by atoms with Crippen LogP contribution >= 0.6 is 0 Å². The molecule has 2 rings (SSSR count). The van der Waals surface area contributed by atoms with Gasteiger partial charge in [0.2, 0.25) is 0 Å². The van der Waals surface area contributed by atoms with Gasteiger partial charge in [0.1, 0.15) is 22.3 Å². The Morgan fingerprint density at radius 1 is 0.735 bits per heavy atom. The molecule has 0 aromatic heterocycles. The van der Waals surface area contributed by atoms with Crippen molar-refractivity contribution in [2.75, 3.05) is 0 Å². The molecule has 0 saturated heterocycles. The lowest BCUT2D eigenvalue weighted by atomic mass is 9.81. The third-order valence-electron chi connectivity index (χ3n) is 5.14. The summed E-state index contributed by atoms with van der Waals surface area (Å²) in [6.45, 7) is 10.6. The van der Waals surface area contributed by atoms with E-state index in [0.717, 1.165) is 0 Å². The largest absolute Gasteiger partial charge is 0.480 e. The van der Waals surface area contributed by atoms with Gasteiger partial charge in [0.25, 0.3) is 0 Å². The number of carbonyl (C=O) groups excluding carboxylic acids is 2. The molecular weight excluding hydrogens is 444 g/mol. The van der Waals surface area contributed by atoms with Crippen LogP contribution in [-0.2, 0) is 28.7 Å². The average molecular weight is 483 g/mol. The molecule has 6 N–H and O–H groups in total. The zero-order chi connectivity index (χ0) is 26.5. The van der Waals surface area contributed by atoms with E-state index in [9.17, 15) is 19.2 Å². The molecule has 0 spiro atoms. The topological polar surface area (TPSA) is 179 Å². The van der Waals surface area contributed by atoms with Gasteiger partial charge in [0.15, 0.2) is 0 Å². The number of carboxylic acids is 2. The monoisotopic (exact) mass is 482 g/mol. The number of hydrogen-bond acceptors (Lipinski definition) is 8. The first-order valence-electron chi connectivity index (χ1n) is 11.1. The van der Waals surface area contributed by atoms with Crippen molar-refractivity contribution in [2.45, 2.75) is 89.5 Å². The highest BCUT2D eigenvalue weighted by atomic mass is 16.6. The van der Waals surface area contributed by atoms with Crippen LogP contribution in [0.15, 0.2) is 24.3 Å². The summed E-state index contributed by atoms with van der Waals surface area (Å²) in [5.74, 6) is -4.19. The predicted octanol–water partition coefficient (Wildman–Crippen LogP) is 2.15. The molecule has 10 nitrogen and oxygen atoms in total. The van der Waals surface area contributed by atoms with Crippen molar-refractivity contribution >= 4 is 23.9 Å². The van der Waals surface area contributed by atoms with Crippen molar-refractivity contribution in [3.63, 3.8) is 0 Å². The third kappa shape index (κ3) is 8.90. The molecule has 2 aliphatic rings. The van der Waals surface area contributed by atoms with Gasteiger partial charge < -0.3 is 31.2 Å². The van der Waals surface area contributed by atoms with Crippen molar-refractivity contribution in [3.05, 3.63) is 24.3 Å². The maximum atomic E-state index is 11.8. The van der Waals surface area contributed by atoms with Crippen molar-refractivity contribution in [1.29, 1.82) is 0 Å². The molecule has 2 aliphatic carbocycles. The molecule has 0 amide bonds. The number of carboxylic acid groups (broad SMARTS) is 2. The molecule has 0 heterocycles. The van der Waals surface area contributed by atoms with Crippen LogP contribution in [0.4, 0.5) is 0 Å². The van der Waals surface area contributed by atoms with E-state index in [2.05, 4.69) is 0 Å². The van der Waals surface area contributed by atoms with Gasteiger partial charge in [0, 0.05) is 0 Å². The maximum Gasteiger partial charge on any atom is 0.324 e. The zero-order valence-corrected chi connectivity index (χ0v) is 20.8. The lowest BCUT2D eigenvalue weighted by Crippen LogP contribution is -2.51. The Morgan fingerprint density at radius 2 is 1.03 bits per heavy atom. The van der Waals surface area contributed by atoms with Crippen LogP contribution in [-0.4, -0.2) is 56.4 Å². The van der Waals surface area contributed by atoms with Crippen LogP contribution in [0, 0.1) is 11.8 Å². The van der Waals surface area contributed by atoms with Crippen molar-refractivity contribution < 1.29 is 38.9 Å². The summed E-state index contributed by atoms with van der Waals surface area (Å²) in [5.41, 5.74) is 7.58. The van der Waals surface area contributed by atoms with E-state index in [-0.39, 0.29) is 25.7 Å². The number of hydrogen-bond donors (Lipinski definition) is 4. The number of ether oxygens (including phenoxy) is 2. The second-order valence-corrected chi connectivity index (χ2v) is 10.9. The number of rotatable bonds is 4. The van der Waals surface area contributed by atoms with Crippen molar-refractivity contribution in [1.82, 2.24) is 0 Å². The number of carbonyl (C=O) groups is 4. The Balaban J connectivity index is 0.000000340. The summed E-state index contributed by atoms with van der Waals surface area (Å²) < 4.78 is 10.4. The molecule has 192 valence electrons. The fourth-order valence-electron chi connectivity index (χ4n) is 3.40. The Bertz CT molecular complexity index is 782. The van der Waals surface area contributed by atoms with E-state index in [0.29, 0.717) is 0 Å². The molecule has 34 heavy (non-hydrogen) atoms. The van der Waals surface area contributed by atoms with Gasteiger partial charge in [-0.1, -0.05) is 24.3 Å². The lowest BCUT2D eigenvalue weighted by molar-refractivity contribution is -0.161. The third-order valence-corrected chi connectivity index (χ3v) is 5.14. The van der Waals surface area contributed by atoms with Gasteiger partial charge >= 0.3 is 23.9 Å². The first-order valence-corrected chi connectivity index (χ1v) is 11.1. The van der Waals surface area contributed by atoms with E-state index >= 15 is 0 Å². The molecule has 4 atom stereocenters. The number of esters is 2. The van der Waals surface area contributed by atoms with Gasteiger partial charge in [0.05, 0.1) is 11.8 Å². The van der Waals surface area contributed by atoms with Gasteiger partial charge in [-0.2, -0.15) is 0 Å². The molecule has 0 aromatic carbocycles. The molecule has 0 radical (unpaired) electrons.